The van der Waals surface area contributed by atoms with Gasteiger partial charge in [0, 0.05) is 13.1 Å². The molecule has 2 fully saturated rings. The molecule has 1 amide bonds. The molecule has 0 unspecified atom stereocenters. The SMILES string of the molecule is CN1CCC(C(N)=O)(N2CCCCC2)CC1. The monoisotopic (exact) mass is 225 g/mol. The smallest absolute Gasteiger partial charge is 0.238 e. The van der Waals surface area contributed by atoms with Crippen molar-refractivity contribution in [1.82, 2.24) is 9.80 Å². The molecule has 0 aliphatic carbocycles. The highest BCUT2D eigenvalue weighted by Gasteiger charge is 2.44. The first-order valence-electron chi connectivity index (χ1n) is 6.39. The summed E-state index contributed by atoms with van der Waals surface area (Å²) in [5.74, 6) is -0.109. The average molecular weight is 225 g/mol. The molecular formula is C12H23N3O. The maximum Gasteiger partial charge on any atom is 0.238 e. The van der Waals surface area contributed by atoms with Crippen molar-refractivity contribution in [2.45, 2.75) is 37.6 Å². The molecule has 2 aliphatic heterocycles. The van der Waals surface area contributed by atoms with E-state index < -0.39 is 0 Å². The number of carbonyl (C=O) groups is 1. The molecule has 4 nitrogen and oxygen atoms in total. The first-order valence-corrected chi connectivity index (χ1v) is 6.39. The Bertz CT molecular complexity index is 253. The lowest BCUT2D eigenvalue weighted by molar-refractivity contribution is -0.134. The van der Waals surface area contributed by atoms with Gasteiger partial charge in [-0.05, 0) is 45.8 Å². The Labute approximate surface area is 97.8 Å². The van der Waals surface area contributed by atoms with Crippen LogP contribution in [-0.4, -0.2) is 54.5 Å². The molecule has 92 valence electrons. The fourth-order valence-electron chi connectivity index (χ4n) is 3.03. The number of primary amides is 1. The van der Waals surface area contributed by atoms with E-state index in [4.69, 9.17) is 5.73 Å². The maximum absolute atomic E-state index is 11.8. The molecule has 4 heteroatoms. The number of nitrogens with zero attached hydrogens (tertiary/aromatic N) is 2. The van der Waals surface area contributed by atoms with E-state index in [2.05, 4.69) is 16.8 Å². The molecule has 2 N–H and O–H groups in total. The van der Waals surface area contributed by atoms with Gasteiger partial charge >= 0.3 is 0 Å². The first kappa shape index (κ1) is 11.9. The standard InChI is InChI=1S/C12H23N3O/c1-14-9-5-12(6-10-14,11(13)16)15-7-3-2-4-8-15/h2-10H2,1H3,(H2,13,16). The van der Waals surface area contributed by atoms with E-state index in [9.17, 15) is 4.79 Å². The van der Waals surface area contributed by atoms with Crippen molar-refractivity contribution < 1.29 is 4.79 Å². The summed E-state index contributed by atoms with van der Waals surface area (Å²) in [5.41, 5.74) is 5.34. The maximum atomic E-state index is 11.8. The predicted molar refractivity (Wildman–Crippen MR) is 64.1 cm³/mol. The third-order valence-electron chi connectivity index (χ3n) is 4.23. The van der Waals surface area contributed by atoms with E-state index in [0.717, 1.165) is 39.0 Å². The van der Waals surface area contributed by atoms with E-state index in [1.165, 1.54) is 19.3 Å². The Morgan fingerprint density at radius 1 is 1.06 bits per heavy atom. The molecule has 0 radical (unpaired) electrons. The van der Waals surface area contributed by atoms with Gasteiger partial charge in [-0.3, -0.25) is 9.69 Å². The molecule has 0 bridgehead atoms. The second-order valence-corrected chi connectivity index (χ2v) is 5.25. The Morgan fingerprint density at radius 2 is 1.62 bits per heavy atom. The van der Waals surface area contributed by atoms with Gasteiger partial charge in [0.2, 0.25) is 5.91 Å². The summed E-state index contributed by atoms with van der Waals surface area (Å²) in [6.45, 7) is 4.07. The fraction of sp³-hybridized carbons (Fsp3) is 0.917. The van der Waals surface area contributed by atoms with Crippen LogP contribution in [0.15, 0.2) is 0 Å². The Morgan fingerprint density at radius 3 is 2.12 bits per heavy atom. The molecule has 2 rings (SSSR count). The van der Waals surface area contributed by atoms with Crippen LogP contribution in [0.5, 0.6) is 0 Å². The van der Waals surface area contributed by atoms with Crippen molar-refractivity contribution in [3.05, 3.63) is 0 Å². The summed E-state index contributed by atoms with van der Waals surface area (Å²) in [5, 5.41) is 0. The average Bonchev–Trinajstić information content (AvgIpc) is 2.31. The molecule has 0 aromatic rings. The van der Waals surface area contributed by atoms with Crippen molar-refractivity contribution >= 4 is 5.91 Å². The number of piperidine rings is 2. The summed E-state index contributed by atoms with van der Waals surface area (Å²) >= 11 is 0. The highest BCUT2D eigenvalue weighted by Crippen LogP contribution is 2.30. The second kappa shape index (κ2) is 4.72. The van der Waals surface area contributed by atoms with E-state index >= 15 is 0 Å². The zero-order valence-electron chi connectivity index (χ0n) is 10.2. The molecule has 2 heterocycles. The Balaban J connectivity index is 2.11. The predicted octanol–water partition coefficient (Wildman–Crippen LogP) is 0.422. The summed E-state index contributed by atoms with van der Waals surface area (Å²) in [7, 11) is 2.11. The van der Waals surface area contributed by atoms with Gasteiger partial charge in [0.05, 0.1) is 0 Å². The third-order valence-corrected chi connectivity index (χ3v) is 4.23. The zero-order valence-corrected chi connectivity index (χ0v) is 10.2. The molecule has 16 heavy (non-hydrogen) atoms. The Kier molecular flexibility index (Phi) is 3.50. The second-order valence-electron chi connectivity index (χ2n) is 5.25. The van der Waals surface area contributed by atoms with Gasteiger partial charge in [0.15, 0.2) is 0 Å². The van der Waals surface area contributed by atoms with Crippen molar-refractivity contribution in [1.29, 1.82) is 0 Å². The van der Waals surface area contributed by atoms with Gasteiger partial charge in [-0.1, -0.05) is 6.42 Å². The molecule has 2 saturated heterocycles. The zero-order chi connectivity index (χ0) is 11.6. The largest absolute Gasteiger partial charge is 0.368 e. The third kappa shape index (κ3) is 2.09. The number of amides is 1. The van der Waals surface area contributed by atoms with Gasteiger partial charge < -0.3 is 10.6 Å². The number of hydrogen-bond donors (Lipinski definition) is 1. The number of hydrogen-bond acceptors (Lipinski definition) is 3. The van der Waals surface area contributed by atoms with E-state index in [1.807, 2.05) is 0 Å². The van der Waals surface area contributed by atoms with Crippen LogP contribution in [0.2, 0.25) is 0 Å². The topological polar surface area (TPSA) is 49.6 Å². The lowest BCUT2D eigenvalue weighted by Gasteiger charge is -2.47. The molecule has 0 atom stereocenters. The van der Waals surface area contributed by atoms with Gasteiger partial charge in [0.25, 0.3) is 0 Å². The lowest BCUT2D eigenvalue weighted by atomic mass is 9.83. The molecule has 0 aromatic heterocycles. The normalized spacial score (nSPS) is 27.8. The Hall–Kier alpha value is -0.610. The minimum atomic E-state index is -0.340. The molecular weight excluding hydrogens is 202 g/mol. The van der Waals surface area contributed by atoms with Crippen LogP contribution in [0.25, 0.3) is 0 Å². The van der Waals surface area contributed by atoms with Crippen LogP contribution in [0.3, 0.4) is 0 Å². The van der Waals surface area contributed by atoms with Crippen LogP contribution < -0.4 is 5.73 Å². The van der Waals surface area contributed by atoms with Crippen LogP contribution >= 0.6 is 0 Å². The number of rotatable bonds is 2. The van der Waals surface area contributed by atoms with E-state index in [0.29, 0.717) is 0 Å². The van der Waals surface area contributed by atoms with Gasteiger partial charge in [-0.15, -0.1) is 0 Å². The number of likely N-dealkylation sites (tertiary alicyclic amines) is 2. The summed E-state index contributed by atoms with van der Waals surface area (Å²) in [6, 6.07) is 0. The lowest BCUT2D eigenvalue weighted by Crippen LogP contribution is -2.63. The van der Waals surface area contributed by atoms with Crippen LogP contribution in [0, 0.1) is 0 Å². The van der Waals surface area contributed by atoms with Crippen LogP contribution in [0.4, 0.5) is 0 Å². The van der Waals surface area contributed by atoms with Crippen molar-refractivity contribution in [3.63, 3.8) is 0 Å². The number of nitrogens with two attached hydrogens (primary N) is 1. The van der Waals surface area contributed by atoms with Gasteiger partial charge in [-0.25, -0.2) is 0 Å². The highest BCUT2D eigenvalue weighted by atomic mass is 16.1. The molecule has 2 aliphatic rings. The molecule has 0 spiro atoms. The van der Waals surface area contributed by atoms with Crippen molar-refractivity contribution in [2.75, 3.05) is 33.2 Å². The van der Waals surface area contributed by atoms with Crippen LogP contribution in [0.1, 0.15) is 32.1 Å². The van der Waals surface area contributed by atoms with Crippen molar-refractivity contribution in [2.24, 2.45) is 5.73 Å². The van der Waals surface area contributed by atoms with E-state index in [1.54, 1.807) is 0 Å². The summed E-state index contributed by atoms with van der Waals surface area (Å²) in [4.78, 5) is 16.5. The first-order chi connectivity index (χ1) is 7.65. The number of carbonyl (C=O) groups excluding carboxylic acids is 1. The summed E-state index contributed by atoms with van der Waals surface area (Å²) < 4.78 is 0. The van der Waals surface area contributed by atoms with Crippen LogP contribution in [-0.2, 0) is 4.79 Å². The molecule has 0 aromatic carbocycles. The molecule has 0 saturated carbocycles. The van der Waals surface area contributed by atoms with Crippen molar-refractivity contribution in [3.8, 4) is 0 Å². The minimum absolute atomic E-state index is 0.109. The quantitative estimate of drug-likeness (QED) is 0.741. The highest BCUT2D eigenvalue weighted by molar-refractivity contribution is 5.84. The van der Waals surface area contributed by atoms with E-state index in [-0.39, 0.29) is 11.4 Å². The minimum Gasteiger partial charge on any atom is -0.368 e. The van der Waals surface area contributed by atoms with Gasteiger partial charge in [-0.2, -0.15) is 0 Å². The summed E-state index contributed by atoms with van der Waals surface area (Å²) in [6.07, 6.45) is 5.53. The fourth-order valence-corrected chi connectivity index (χ4v) is 3.03. The van der Waals surface area contributed by atoms with Gasteiger partial charge in [0.1, 0.15) is 5.54 Å².